The van der Waals surface area contributed by atoms with Gasteiger partial charge in [0, 0.05) is 12.6 Å². The molecule has 0 aromatic carbocycles. The zero-order valence-corrected chi connectivity index (χ0v) is 8.99. The van der Waals surface area contributed by atoms with Gasteiger partial charge in [-0.15, -0.1) is 0 Å². The van der Waals surface area contributed by atoms with Gasteiger partial charge in [-0.2, -0.15) is 11.8 Å². The maximum absolute atomic E-state index is 13.2. The van der Waals surface area contributed by atoms with Crippen molar-refractivity contribution in [1.82, 2.24) is 4.98 Å². The highest BCUT2D eigenvalue weighted by atomic mass is 32.2. The Morgan fingerprint density at radius 2 is 2.40 bits per heavy atom. The first kappa shape index (κ1) is 10.7. The molecule has 1 aromatic heterocycles. The minimum atomic E-state index is -0.644. The van der Waals surface area contributed by atoms with E-state index in [9.17, 15) is 8.78 Å². The van der Waals surface area contributed by atoms with Crippen molar-refractivity contribution in [3.05, 3.63) is 23.9 Å². The van der Waals surface area contributed by atoms with Gasteiger partial charge in [0.05, 0.1) is 6.20 Å². The summed E-state index contributed by atoms with van der Waals surface area (Å²) in [5.74, 6) is 1.73. The molecule has 2 rings (SSSR count). The summed E-state index contributed by atoms with van der Waals surface area (Å²) < 4.78 is 25.7. The monoisotopic (exact) mass is 230 g/mol. The molecule has 1 aliphatic rings. The summed E-state index contributed by atoms with van der Waals surface area (Å²) in [6.07, 6.45) is 2.18. The van der Waals surface area contributed by atoms with Gasteiger partial charge < -0.3 is 5.32 Å². The van der Waals surface area contributed by atoms with Crippen molar-refractivity contribution in [3.63, 3.8) is 0 Å². The minimum Gasteiger partial charge on any atom is -0.367 e. The Bertz CT molecular complexity index is 340. The summed E-state index contributed by atoms with van der Waals surface area (Å²) in [5, 5.41) is 2.92. The summed E-state index contributed by atoms with van der Waals surface area (Å²) >= 11 is 1.91. The second kappa shape index (κ2) is 4.79. The molecule has 0 amide bonds. The fourth-order valence-corrected chi connectivity index (χ4v) is 2.81. The number of nitrogens with one attached hydrogen (secondary N) is 1. The van der Waals surface area contributed by atoms with Crippen molar-refractivity contribution < 1.29 is 8.78 Å². The predicted octanol–water partition coefficient (Wildman–Crippen LogP) is 2.52. The van der Waals surface area contributed by atoms with Crippen LogP contribution in [-0.4, -0.2) is 23.0 Å². The molecule has 0 radical (unpaired) electrons. The van der Waals surface area contributed by atoms with E-state index < -0.39 is 11.6 Å². The third-order valence-electron chi connectivity index (χ3n) is 2.39. The van der Waals surface area contributed by atoms with E-state index in [1.165, 1.54) is 5.75 Å². The normalized spacial score (nSPS) is 20.5. The molecule has 0 spiro atoms. The molecule has 1 unspecified atom stereocenters. The quantitative estimate of drug-likeness (QED) is 0.863. The van der Waals surface area contributed by atoms with Crippen LogP contribution in [0.4, 0.5) is 14.6 Å². The van der Waals surface area contributed by atoms with Crippen LogP contribution in [0.3, 0.4) is 0 Å². The van der Waals surface area contributed by atoms with Gasteiger partial charge in [-0.1, -0.05) is 0 Å². The summed E-state index contributed by atoms with van der Waals surface area (Å²) in [7, 11) is 0. The van der Waals surface area contributed by atoms with Gasteiger partial charge in [-0.3, -0.25) is 0 Å². The van der Waals surface area contributed by atoms with Crippen LogP contribution in [-0.2, 0) is 0 Å². The maximum Gasteiger partial charge on any atom is 0.168 e. The van der Waals surface area contributed by atoms with Crippen LogP contribution in [0.5, 0.6) is 0 Å². The molecule has 1 N–H and O–H groups in total. The Kier molecular flexibility index (Phi) is 3.41. The lowest BCUT2D eigenvalue weighted by atomic mass is 10.1. The molecule has 0 aliphatic carbocycles. The topological polar surface area (TPSA) is 24.9 Å². The second-order valence-corrected chi connectivity index (χ2v) is 4.74. The van der Waals surface area contributed by atoms with E-state index in [2.05, 4.69) is 10.3 Å². The smallest absolute Gasteiger partial charge is 0.168 e. The van der Waals surface area contributed by atoms with Crippen LogP contribution in [0.2, 0.25) is 0 Å². The summed E-state index contributed by atoms with van der Waals surface area (Å²) in [6.45, 7) is 0.711. The average Bonchev–Trinajstić information content (AvgIpc) is 2.69. The number of aromatic nitrogens is 1. The number of rotatable bonds is 3. The molecular weight excluding hydrogens is 218 g/mol. The van der Waals surface area contributed by atoms with Crippen molar-refractivity contribution in [2.24, 2.45) is 5.92 Å². The largest absolute Gasteiger partial charge is 0.367 e. The minimum absolute atomic E-state index is 0.147. The molecule has 1 aliphatic heterocycles. The van der Waals surface area contributed by atoms with Crippen molar-refractivity contribution >= 4 is 17.6 Å². The van der Waals surface area contributed by atoms with E-state index in [0.717, 1.165) is 24.4 Å². The fraction of sp³-hybridized carbons (Fsp3) is 0.500. The Morgan fingerprint density at radius 3 is 3.07 bits per heavy atom. The molecular formula is C10H12F2N2S. The third-order valence-corrected chi connectivity index (χ3v) is 3.62. The number of anilines is 1. The molecule has 1 fully saturated rings. The molecule has 15 heavy (non-hydrogen) atoms. The van der Waals surface area contributed by atoms with Crippen LogP contribution in [0.25, 0.3) is 0 Å². The summed E-state index contributed by atoms with van der Waals surface area (Å²) in [5.41, 5.74) is 0. The zero-order valence-electron chi connectivity index (χ0n) is 8.17. The predicted molar refractivity (Wildman–Crippen MR) is 58.1 cm³/mol. The van der Waals surface area contributed by atoms with Gasteiger partial charge in [0.25, 0.3) is 0 Å². The average molecular weight is 230 g/mol. The van der Waals surface area contributed by atoms with Crippen LogP contribution >= 0.6 is 11.8 Å². The van der Waals surface area contributed by atoms with E-state index >= 15 is 0 Å². The second-order valence-electron chi connectivity index (χ2n) is 3.59. The lowest BCUT2D eigenvalue weighted by Gasteiger charge is -2.10. The van der Waals surface area contributed by atoms with Gasteiger partial charge in [0.1, 0.15) is 5.82 Å². The Morgan fingerprint density at radius 1 is 1.53 bits per heavy atom. The molecule has 82 valence electrons. The highest BCUT2D eigenvalue weighted by molar-refractivity contribution is 7.99. The number of thioether (sulfide) groups is 1. The highest BCUT2D eigenvalue weighted by Gasteiger charge is 2.15. The standard InChI is InChI=1S/C10H12F2N2S/c11-8-3-9(12)10(14-5-8)13-4-7-1-2-15-6-7/h3,5,7H,1-2,4,6H2,(H,13,14). The lowest BCUT2D eigenvalue weighted by molar-refractivity contribution is 0.570. The van der Waals surface area contributed by atoms with E-state index in [1.54, 1.807) is 0 Å². The molecule has 1 aromatic rings. The zero-order chi connectivity index (χ0) is 10.7. The molecule has 2 heterocycles. The first-order chi connectivity index (χ1) is 7.25. The van der Waals surface area contributed by atoms with Crippen LogP contribution in [0.15, 0.2) is 12.3 Å². The van der Waals surface area contributed by atoms with Gasteiger partial charge in [-0.25, -0.2) is 13.8 Å². The molecule has 1 saturated heterocycles. The molecule has 1 atom stereocenters. The van der Waals surface area contributed by atoms with E-state index in [0.29, 0.717) is 12.5 Å². The summed E-state index contributed by atoms with van der Waals surface area (Å²) in [4.78, 5) is 3.67. The number of hydrogen-bond acceptors (Lipinski definition) is 3. The van der Waals surface area contributed by atoms with Crippen LogP contribution in [0.1, 0.15) is 6.42 Å². The Labute approximate surface area is 91.5 Å². The van der Waals surface area contributed by atoms with Crippen LogP contribution < -0.4 is 5.32 Å². The van der Waals surface area contributed by atoms with Gasteiger partial charge in [0.15, 0.2) is 11.6 Å². The molecule has 0 bridgehead atoms. The lowest BCUT2D eigenvalue weighted by Crippen LogP contribution is -2.15. The number of hydrogen-bond donors (Lipinski definition) is 1. The Hall–Kier alpha value is -0.840. The molecule has 0 saturated carbocycles. The summed E-state index contributed by atoms with van der Waals surface area (Å²) in [6, 6.07) is 0.846. The maximum atomic E-state index is 13.2. The molecule has 2 nitrogen and oxygen atoms in total. The van der Waals surface area contributed by atoms with Crippen molar-refractivity contribution in [3.8, 4) is 0 Å². The van der Waals surface area contributed by atoms with Crippen molar-refractivity contribution in [2.75, 3.05) is 23.4 Å². The third kappa shape index (κ3) is 2.81. The van der Waals surface area contributed by atoms with Gasteiger partial charge in [0.2, 0.25) is 0 Å². The van der Waals surface area contributed by atoms with Gasteiger partial charge in [-0.05, 0) is 23.8 Å². The number of nitrogens with zero attached hydrogens (tertiary/aromatic N) is 1. The first-order valence-corrected chi connectivity index (χ1v) is 6.04. The SMILES string of the molecule is Fc1cnc(NCC2CCSC2)c(F)c1. The van der Waals surface area contributed by atoms with E-state index in [4.69, 9.17) is 0 Å². The van der Waals surface area contributed by atoms with E-state index in [1.807, 2.05) is 11.8 Å². The van der Waals surface area contributed by atoms with Crippen LogP contribution in [0, 0.1) is 17.6 Å². The van der Waals surface area contributed by atoms with Crippen molar-refractivity contribution in [2.45, 2.75) is 6.42 Å². The highest BCUT2D eigenvalue weighted by Crippen LogP contribution is 2.23. The van der Waals surface area contributed by atoms with Crippen molar-refractivity contribution in [1.29, 1.82) is 0 Å². The fourth-order valence-electron chi connectivity index (χ4n) is 1.53. The van der Waals surface area contributed by atoms with E-state index in [-0.39, 0.29) is 5.82 Å². The number of pyridine rings is 1. The number of halogens is 2. The Balaban J connectivity index is 1.92. The van der Waals surface area contributed by atoms with Gasteiger partial charge >= 0.3 is 0 Å². The first-order valence-electron chi connectivity index (χ1n) is 4.88. The molecule has 5 heteroatoms.